The summed E-state index contributed by atoms with van der Waals surface area (Å²) in [6.45, 7) is 11.1. The second-order valence-electron chi connectivity index (χ2n) is 11.4. The van der Waals surface area contributed by atoms with Crippen LogP contribution in [0.15, 0.2) is 78.2 Å². The minimum absolute atomic E-state index is 0.00817. The number of fused-ring (bicyclic) bond motifs is 1. The molecule has 41 heavy (non-hydrogen) atoms. The predicted molar refractivity (Wildman–Crippen MR) is 159 cm³/mol. The molecule has 1 heterocycles. The maximum atomic E-state index is 12.6. The van der Waals surface area contributed by atoms with E-state index in [9.17, 15) is 10.1 Å². The smallest absolute Gasteiger partial charge is 0.336 e. The van der Waals surface area contributed by atoms with Crippen molar-refractivity contribution in [3.8, 4) is 29.1 Å². The molecule has 0 bridgehead atoms. The Morgan fingerprint density at radius 2 is 1.80 bits per heavy atom. The number of benzene rings is 3. The second-order valence-corrected chi connectivity index (χ2v) is 11.4. The molecule has 2 N–H and O–H groups in total. The molecule has 1 atom stereocenters. The number of allylic oxidation sites excluding steroid dienone is 1. The van der Waals surface area contributed by atoms with Crippen LogP contribution >= 0.6 is 0 Å². The van der Waals surface area contributed by atoms with Crippen LogP contribution < -0.4 is 24.7 Å². The molecule has 0 amide bonds. The van der Waals surface area contributed by atoms with Crippen molar-refractivity contribution < 1.29 is 23.7 Å². The van der Waals surface area contributed by atoms with Gasteiger partial charge in [-0.15, -0.1) is 0 Å². The topological polar surface area (TPSA) is 104 Å². The number of esters is 1. The third kappa shape index (κ3) is 6.90. The molecule has 4 rings (SSSR count). The average Bonchev–Trinajstić information content (AvgIpc) is 2.93. The summed E-state index contributed by atoms with van der Waals surface area (Å²) in [6.07, 6.45) is 3.09. The molecule has 1 unspecified atom stereocenters. The largest absolute Gasteiger partial charge is 0.493 e. The number of nitrogens with two attached hydrogens (primary N) is 1. The van der Waals surface area contributed by atoms with Crippen molar-refractivity contribution in [2.75, 3.05) is 13.7 Å². The van der Waals surface area contributed by atoms with Gasteiger partial charge in [0.1, 0.15) is 23.1 Å². The van der Waals surface area contributed by atoms with Crippen molar-refractivity contribution in [3.63, 3.8) is 0 Å². The van der Waals surface area contributed by atoms with Gasteiger partial charge in [-0.3, -0.25) is 0 Å². The van der Waals surface area contributed by atoms with Crippen molar-refractivity contribution in [2.24, 2.45) is 11.7 Å². The Morgan fingerprint density at radius 3 is 2.44 bits per heavy atom. The van der Waals surface area contributed by atoms with Crippen LogP contribution in [0.4, 0.5) is 0 Å². The Morgan fingerprint density at radius 1 is 1.07 bits per heavy atom. The molecule has 0 radical (unpaired) electrons. The molecule has 0 saturated carbocycles. The lowest BCUT2D eigenvalue weighted by Crippen LogP contribution is -2.21. The summed E-state index contributed by atoms with van der Waals surface area (Å²) < 4.78 is 22.8. The number of methoxy groups -OCH3 is 1. The Balaban J connectivity index is 1.56. The van der Waals surface area contributed by atoms with Crippen molar-refractivity contribution in [1.82, 2.24) is 0 Å². The maximum Gasteiger partial charge on any atom is 0.336 e. The molecule has 1 aliphatic rings. The van der Waals surface area contributed by atoms with E-state index in [4.69, 9.17) is 24.7 Å². The standard InChI is InChI=1S/C34H36N2O5/c1-21(2)20-39-28-15-10-23(17-30(28)38-6)32-26-14-13-25(18-29(26)41-33(36)27(32)19-35)40-31(37)16-9-22-7-11-24(12-8-22)34(3,4)5/h7-18,21,32H,20,36H2,1-6H3/b16-9+. The molecule has 3 aromatic rings. The summed E-state index contributed by atoms with van der Waals surface area (Å²) in [5.74, 6) is 1.18. The van der Waals surface area contributed by atoms with Gasteiger partial charge in [0.05, 0.1) is 19.6 Å². The van der Waals surface area contributed by atoms with E-state index in [0.29, 0.717) is 41.1 Å². The van der Waals surface area contributed by atoms with E-state index in [1.807, 2.05) is 30.3 Å². The normalized spacial score (nSPS) is 14.8. The predicted octanol–water partition coefficient (Wildman–Crippen LogP) is 6.86. The number of hydrogen-bond donors (Lipinski definition) is 1. The van der Waals surface area contributed by atoms with Crippen LogP contribution in [0.5, 0.6) is 23.0 Å². The van der Waals surface area contributed by atoms with Crippen LogP contribution in [0.2, 0.25) is 0 Å². The maximum absolute atomic E-state index is 12.6. The Bertz CT molecular complexity index is 1520. The molecule has 7 nitrogen and oxygen atoms in total. The van der Waals surface area contributed by atoms with Gasteiger partial charge in [-0.2, -0.15) is 5.26 Å². The molecule has 3 aromatic carbocycles. The zero-order chi connectivity index (χ0) is 29.7. The number of ether oxygens (including phenoxy) is 4. The molecule has 0 aliphatic carbocycles. The minimum atomic E-state index is -0.528. The van der Waals surface area contributed by atoms with E-state index < -0.39 is 11.9 Å². The van der Waals surface area contributed by atoms with Crippen LogP contribution in [0.1, 0.15) is 62.8 Å². The number of nitriles is 1. The van der Waals surface area contributed by atoms with Crippen LogP contribution in [0.3, 0.4) is 0 Å². The van der Waals surface area contributed by atoms with Crippen molar-refractivity contribution in [2.45, 2.75) is 46.0 Å². The van der Waals surface area contributed by atoms with Gasteiger partial charge in [-0.05, 0) is 52.3 Å². The zero-order valence-corrected chi connectivity index (χ0v) is 24.4. The van der Waals surface area contributed by atoms with E-state index in [1.165, 1.54) is 11.6 Å². The summed E-state index contributed by atoms with van der Waals surface area (Å²) in [6, 6.07) is 20.8. The molecule has 212 valence electrons. The lowest BCUT2D eigenvalue weighted by atomic mass is 9.83. The summed E-state index contributed by atoms with van der Waals surface area (Å²) in [7, 11) is 1.57. The first-order valence-corrected chi connectivity index (χ1v) is 13.5. The highest BCUT2D eigenvalue weighted by molar-refractivity contribution is 5.88. The molecule has 0 aromatic heterocycles. The molecular formula is C34H36N2O5. The third-order valence-electron chi connectivity index (χ3n) is 6.69. The van der Waals surface area contributed by atoms with Gasteiger partial charge in [0.15, 0.2) is 11.5 Å². The first-order valence-electron chi connectivity index (χ1n) is 13.5. The zero-order valence-electron chi connectivity index (χ0n) is 24.4. The van der Waals surface area contributed by atoms with Gasteiger partial charge < -0.3 is 24.7 Å². The highest BCUT2D eigenvalue weighted by Crippen LogP contribution is 2.45. The van der Waals surface area contributed by atoms with Crippen LogP contribution in [0, 0.1) is 17.2 Å². The highest BCUT2D eigenvalue weighted by Gasteiger charge is 2.31. The van der Waals surface area contributed by atoms with Gasteiger partial charge in [-0.1, -0.05) is 71.0 Å². The van der Waals surface area contributed by atoms with Crippen molar-refractivity contribution in [3.05, 3.63) is 100 Å². The van der Waals surface area contributed by atoms with Crippen LogP contribution in [0.25, 0.3) is 6.08 Å². The number of rotatable bonds is 8. The summed E-state index contributed by atoms with van der Waals surface area (Å²) in [5.41, 5.74) is 10.1. The lowest BCUT2D eigenvalue weighted by Gasteiger charge is -2.27. The first-order chi connectivity index (χ1) is 19.5. The molecule has 7 heteroatoms. The second kappa shape index (κ2) is 12.2. The molecule has 0 spiro atoms. The van der Waals surface area contributed by atoms with E-state index in [2.05, 4.69) is 52.8 Å². The Kier molecular flexibility index (Phi) is 8.73. The van der Waals surface area contributed by atoms with Gasteiger partial charge >= 0.3 is 5.97 Å². The molecule has 0 fully saturated rings. The van der Waals surface area contributed by atoms with Crippen LogP contribution in [-0.4, -0.2) is 19.7 Å². The molecule has 1 aliphatic heterocycles. The number of hydrogen-bond acceptors (Lipinski definition) is 7. The van der Waals surface area contributed by atoms with E-state index in [1.54, 1.807) is 31.4 Å². The Hall–Kier alpha value is -4.70. The molecular weight excluding hydrogens is 516 g/mol. The fourth-order valence-corrected chi connectivity index (χ4v) is 4.49. The Labute approximate surface area is 241 Å². The summed E-state index contributed by atoms with van der Waals surface area (Å²) >= 11 is 0. The number of carbonyl (C=O) groups is 1. The fraction of sp³-hybridized carbons (Fsp3) is 0.294. The van der Waals surface area contributed by atoms with Crippen molar-refractivity contribution in [1.29, 1.82) is 5.26 Å². The van der Waals surface area contributed by atoms with E-state index in [-0.39, 0.29) is 16.9 Å². The number of carbonyl (C=O) groups excluding carboxylic acids is 1. The first kappa shape index (κ1) is 29.3. The fourth-order valence-electron chi connectivity index (χ4n) is 4.49. The van der Waals surface area contributed by atoms with Gasteiger partial charge in [0, 0.05) is 17.7 Å². The lowest BCUT2D eigenvalue weighted by molar-refractivity contribution is -0.128. The van der Waals surface area contributed by atoms with Gasteiger partial charge in [0.25, 0.3) is 0 Å². The highest BCUT2D eigenvalue weighted by atomic mass is 16.5. The summed E-state index contributed by atoms with van der Waals surface area (Å²) in [4.78, 5) is 12.6. The monoisotopic (exact) mass is 552 g/mol. The van der Waals surface area contributed by atoms with E-state index >= 15 is 0 Å². The third-order valence-corrected chi connectivity index (χ3v) is 6.69. The quantitative estimate of drug-likeness (QED) is 0.185. The van der Waals surface area contributed by atoms with Crippen LogP contribution in [-0.2, 0) is 10.2 Å². The number of nitrogens with zero attached hydrogens (tertiary/aromatic N) is 1. The van der Waals surface area contributed by atoms with Gasteiger partial charge in [-0.25, -0.2) is 4.79 Å². The van der Waals surface area contributed by atoms with Gasteiger partial charge in [0.2, 0.25) is 5.88 Å². The molecule has 0 saturated heterocycles. The van der Waals surface area contributed by atoms with E-state index in [0.717, 1.165) is 11.1 Å². The minimum Gasteiger partial charge on any atom is -0.493 e. The average molecular weight is 553 g/mol. The summed E-state index contributed by atoms with van der Waals surface area (Å²) in [5, 5.41) is 9.93. The van der Waals surface area contributed by atoms with Crippen molar-refractivity contribution >= 4 is 12.0 Å². The SMILES string of the molecule is COc1cc(C2C(C#N)=C(N)Oc3cc(OC(=O)/C=C/c4ccc(C(C)(C)C)cc4)ccc32)ccc1OCC(C)C.